The summed E-state index contributed by atoms with van der Waals surface area (Å²) in [5.41, 5.74) is 0.627. The normalized spacial score (nSPS) is 12.1. The molecular weight excluding hydrogens is 343 g/mol. The summed E-state index contributed by atoms with van der Waals surface area (Å²) in [6, 6.07) is 5.81. The lowest BCUT2D eigenvalue weighted by Crippen LogP contribution is -2.12. The summed E-state index contributed by atoms with van der Waals surface area (Å²) in [6.07, 6.45) is 0.0545. The van der Waals surface area contributed by atoms with Crippen molar-refractivity contribution in [2.45, 2.75) is 31.8 Å². The van der Waals surface area contributed by atoms with Crippen molar-refractivity contribution in [3.05, 3.63) is 29.8 Å². The Balaban J connectivity index is 2.87. The van der Waals surface area contributed by atoms with Crippen molar-refractivity contribution in [1.29, 1.82) is 0 Å². The Morgan fingerprint density at radius 1 is 1.09 bits per heavy atom. The first kappa shape index (κ1) is 19.8. The lowest BCUT2D eigenvalue weighted by Gasteiger charge is -2.17. The van der Waals surface area contributed by atoms with E-state index in [9.17, 15) is 17.8 Å². The van der Waals surface area contributed by atoms with Crippen molar-refractivity contribution in [2.24, 2.45) is 0 Å². The topological polar surface area (TPSA) is 96.0 Å². The highest BCUT2D eigenvalue weighted by Crippen LogP contribution is 2.51. The monoisotopic (exact) mass is 364 g/mol. The molecule has 0 unspecified atom stereocenters. The maximum atomic E-state index is 12.4. The van der Waals surface area contributed by atoms with E-state index in [0.29, 0.717) is 5.56 Å². The van der Waals surface area contributed by atoms with Crippen LogP contribution in [0.2, 0.25) is 0 Å². The molecule has 1 rings (SSSR count). The third kappa shape index (κ3) is 6.43. The highest BCUT2D eigenvalue weighted by molar-refractivity contribution is 7.91. The highest BCUT2D eigenvalue weighted by atomic mass is 32.2. The average molecular weight is 364 g/mol. The Hall–Kier alpha value is -1.21. The molecular formula is C14H21O7PS. The predicted molar refractivity (Wildman–Crippen MR) is 84.8 cm³/mol. The van der Waals surface area contributed by atoms with E-state index in [1.807, 2.05) is 0 Å². The van der Waals surface area contributed by atoms with Crippen LogP contribution >= 0.6 is 7.60 Å². The number of hydrogen-bond acceptors (Lipinski definition) is 7. The first-order valence-corrected chi connectivity index (χ1v) is 10.4. The minimum absolute atomic E-state index is 0.0187. The van der Waals surface area contributed by atoms with E-state index in [1.54, 1.807) is 13.8 Å². The zero-order chi connectivity index (χ0) is 17.5. The Bertz CT molecular complexity index is 657. The number of carbonyl (C=O) groups excluding carboxylic acids is 1. The van der Waals surface area contributed by atoms with E-state index in [-0.39, 0.29) is 24.3 Å². The summed E-state index contributed by atoms with van der Waals surface area (Å²) in [5.74, 6) is -1.38. The summed E-state index contributed by atoms with van der Waals surface area (Å²) >= 11 is 0. The fourth-order valence-corrected chi connectivity index (χ4v) is 4.49. The third-order valence-electron chi connectivity index (χ3n) is 2.73. The van der Waals surface area contributed by atoms with Gasteiger partial charge in [0.05, 0.1) is 24.3 Å². The van der Waals surface area contributed by atoms with Gasteiger partial charge in [-0.1, -0.05) is 12.1 Å². The first-order valence-electron chi connectivity index (χ1n) is 7.05. The fraction of sp³-hybridized carbons (Fsp3) is 0.500. The molecule has 0 aliphatic carbocycles. The van der Waals surface area contributed by atoms with Crippen molar-refractivity contribution in [2.75, 3.05) is 19.2 Å². The van der Waals surface area contributed by atoms with Crippen molar-refractivity contribution >= 4 is 23.4 Å². The van der Waals surface area contributed by atoms with Gasteiger partial charge in [-0.2, -0.15) is 0 Å². The second-order valence-electron chi connectivity index (χ2n) is 4.62. The van der Waals surface area contributed by atoms with Gasteiger partial charge >= 0.3 is 13.6 Å². The Labute approximate surface area is 136 Å². The third-order valence-corrected chi connectivity index (χ3v) is 6.20. The van der Waals surface area contributed by atoms with Crippen molar-refractivity contribution in [1.82, 2.24) is 0 Å². The quantitative estimate of drug-likeness (QED) is 0.491. The number of benzene rings is 1. The number of ether oxygens (including phenoxy) is 1. The summed E-state index contributed by atoms with van der Waals surface area (Å²) < 4.78 is 51.2. The van der Waals surface area contributed by atoms with E-state index in [0.717, 1.165) is 6.92 Å². The van der Waals surface area contributed by atoms with Crippen LogP contribution in [-0.4, -0.2) is 33.5 Å². The molecule has 23 heavy (non-hydrogen) atoms. The van der Waals surface area contributed by atoms with Gasteiger partial charge in [0.25, 0.3) is 0 Å². The van der Waals surface area contributed by atoms with Gasteiger partial charge in [0.15, 0.2) is 5.94 Å². The molecule has 1 aromatic carbocycles. The second-order valence-corrected chi connectivity index (χ2v) is 8.61. The molecule has 0 atom stereocenters. The molecule has 1 aromatic rings. The number of esters is 1. The maximum absolute atomic E-state index is 12.4. The number of rotatable bonds is 9. The van der Waals surface area contributed by atoms with Crippen LogP contribution in [0.1, 0.15) is 26.3 Å². The van der Waals surface area contributed by atoms with Gasteiger partial charge in [0, 0.05) is 6.92 Å². The molecule has 0 radical (unpaired) electrons. The summed E-state index contributed by atoms with van der Waals surface area (Å²) in [6.45, 7) is 5.09. The van der Waals surface area contributed by atoms with E-state index >= 15 is 0 Å². The molecule has 0 aliphatic rings. The molecule has 0 spiro atoms. The van der Waals surface area contributed by atoms with Crippen molar-refractivity contribution in [3.63, 3.8) is 0 Å². The predicted octanol–water partition coefficient (Wildman–Crippen LogP) is 2.75. The molecule has 0 fully saturated rings. The van der Waals surface area contributed by atoms with E-state index in [2.05, 4.69) is 4.74 Å². The Morgan fingerprint density at radius 3 is 2.04 bits per heavy atom. The molecule has 130 valence electrons. The van der Waals surface area contributed by atoms with Gasteiger partial charge in [0.2, 0.25) is 9.84 Å². The van der Waals surface area contributed by atoms with Crippen molar-refractivity contribution in [3.8, 4) is 0 Å². The number of sulfone groups is 1. The molecule has 0 aliphatic heterocycles. The largest absolute Gasteiger partial charge is 0.449 e. The van der Waals surface area contributed by atoms with Crippen molar-refractivity contribution < 1.29 is 31.6 Å². The first-order chi connectivity index (χ1) is 10.7. The SMILES string of the molecule is CCOP(=O)(Cc1ccc(S(=O)(=O)COC(C)=O)cc1)OCC. The summed E-state index contributed by atoms with van der Waals surface area (Å²) in [5, 5.41) is 0. The molecule has 9 heteroatoms. The van der Waals surface area contributed by atoms with E-state index in [4.69, 9.17) is 9.05 Å². The molecule has 0 amide bonds. The molecule has 0 bridgehead atoms. The van der Waals surface area contributed by atoms with Crippen LogP contribution in [0.4, 0.5) is 0 Å². The van der Waals surface area contributed by atoms with Gasteiger partial charge in [-0.25, -0.2) is 8.42 Å². The van der Waals surface area contributed by atoms with Gasteiger partial charge < -0.3 is 13.8 Å². The molecule has 0 heterocycles. The van der Waals surface area contributed by atoms with Gasteiger partial charge in [-0.15, -0.1) is 0 Å². The van der Waals surface area contributed by atoms with E-state index in [1.165, 1.54) is 24.3 Å². The average Bonchev–Trinajstić information content (AvgIpc) is 2.46. The highest BCUT2D eigenvalue weighted by Gasteiger charge is 2.24. The van der Waals surface area contributed by atoms with Gasteiger partial charge in [-0.3, -0.25) is 9.36 Å². The molecule has 0 saturated carbocycles. The van der Waals surface area contributed by atoms with Crippen LogP contribution in [0.3, 0.4) is 0 Å². The number of carbonyl (C=O) groups is 1. The molecule has 0 aromatic heterocycles. The Kier molecular flexibility index (Phi) is 7.41. The lowest BCUT2D eigenvalue weighted by molar-refractivity contribution is -0.138. The molecule has 7 nitrogen and oxygen atoms in total. The smallest absolute Gasteiger partial charge is 0.335 e. The van der Waals surface area contributed by atoms with Crippen LogP contribution < -0.4 is 0 Å². The van der Waals surface area contributed by atoms with Crippen LogP contribution in [0, 0.1) is 0 Å². The summed E-state index contributed by atoms with van der Waals surface area (Å²) in [7, 11) is -6.95. The van der Waals surface area contributed by atoms with Crippen LogP contribution in [0.25, 0.3) is 0 Å². The zero-order valence-electron chi connectivity index (χ0n) is 13.4. The van der Waals surface area contributed by atoms with Gasteiger partial charge in [-0.05, 0) is 31.5 Å². The standard InChI is InChI=1S/C14H21O7PS/c1-4-20-22(16,21-5-2)10-13-6-8-14(9-7-13)23(17,18)11-19-12(3)15/h6-9H,4-5,10-11H2,1-3H3. The van der Waals surface area contributed by atoms with E-state index < -0.39 is 29.3 Å². The fourth-order valence-electron chi connectivity index (χ4n) is 1.78. The van der Waals surface area contributed by atoms with Crippen LogP contribution in [-0.2, 0) is 39.1 Å². The van der Waals surface area contributed by atoms with Gasteiger partial charge in [0.1, 0.15) is 0 Å². The second kappa shape index (κ2) is 8.59. The maximum Gasteiger partial charge on any atom is 0.335 e. The summed E-state index contributed by atoms with van der Waals surface area (Å²) in [4.78, 5) is 10.7. The van der Waals surface area contributed by atoms with Crippen LogP contribution in [0.15, 0.2) is 29.2 Å². The molecule has 0 saturated heterocycles. The zero-order valence-corrected chi connectivity index (χ0v) is 15.1. The minimum Gasteiger partial charge on any atom is -0.449 e. The number of hydrogen-bond donors (Lipinski definition) is 0. The minimum atomic E-state index is -3.71. The molecule has 0 N–H and O–H groups in total. The lowest BCUT2D eigenvalue weighted by atomic mass is 10.2. The Morgan fingerprint density at radius 2 is 1.61 bits per heavy atom. The van der Waals surface area contributed by atoms with Crippen LogP contribution in [0.5, 0.6) is 0 Å².